The van der Waals surface area contributed by atoms with Gasteiger partial charge in [-0.25, -0.2) is 9.78 Å². The number of para-hydroxylation sites is 1. The van der Waals surface area contributed by atoms with Gasteiger partial charge < -0.3 is 34.9 Å². The van der Waals surface area contributed by atoms with E-state index < -0.39 is 5.97 Å². The minimum absolute atomic E-state index is 0.259. The van der Waals surface area contributed by atoms with Crippen LogP contribution >= 0.6 is 0 Å². The van der Waals surface area contributed by atoms with Gasteiger partial charge in [0.15, 0.2) is 5.82 Å². The van der Waals surface area contributed by atoms with Gasteiger partial charge in [-0.3, -0.25) is 0 Å². The van der Waals surface area contributed by atoms with E-state index in [1.807, 2.05) is 68.3 Å². The average molecular weight is 518 g/mol. The molecule has 10 heteroatoms. The lowest BCUT2D eigenvalue weighted by molar-refractivity contribution is 0.0377. The van der Waals surface area contributed by atoms with Gasteiger partial charge in [0.05, 0.1) is 35.8 Å². The van der Waals surface area contributed by atoms with Gasteiger partial charge >= 0.3 is 5.97 Å². The molecule has 0 aliphatic heterocycles. The number of nitrogen functional groups attached to an aromatic ring is 1. The van der Waals surface area contributed by atoms with Gasteiger partial charge in [-0.15, -0.1) is 0 Å². The molecule has 38 heavy (non-hydrogen) atoms. The SMILES string of the molecule is COc1cc(N(C)CCN(C)C)c(N)cc1Nc1ncc(C(=O)OC(C)C)c(-n2ccc3ccccc32)n1. The predicted molar refractivity (Wildman–Crippen MR) is 152 cm³/mol. The molecule has 0 amide bonds. The number of carbonyl (C=O) groups excluding carboxylic acids is 1. The summed E-state index contributed by atoms with van der Waals surface area (Å²) in [5.74, 6) is 0.781. The summed E-state index contributed by atoms with van der Waals surface area (Å²) in [4.78, 5) is 26.3. The van der Waals surface area contributed by atoms with E-state index in [-0.39, 0.29) is 17.6 Å². The topological polar surface area (TPSA) is 111 Å². The fourth-order valence-corrected chi connectivity index (χ4v) is 4.08. The van der Waals surface area contributed by atoms with Crippen LogP contribution in [0.15, 0.2) is 54.9 Å². The van der Waals surface area contributed by atoms with Crippen molar-refractivity contribution in [3.05, 3.63) is 60.4 Å². The van der Waals surface area contributed by atoms with Crippen molar-refractivity contribution in [1.82, 2.24) is 19.4 Å². The maximum atomic E-state index is 12.9. The van der Waals surface area contributed by atoms with E-state index in [4.69, 9.17) is 20.2 Å². The van der Waals surface area contributed by atoms with Gasteiger partial charge in [0, 0.05) is 38.6 Å². The highest BCUT2D eigenvalue weighted by molar-refractivity contribution is 5.94. The number of ether oxygens (including phenoxy) is 2. The molecule has 0 aliphatic rings. The summed E-state index contributed by atoms with van der Waals surface area (Å²) in [6.45, 7) is 5.29. The number of aromatic nitrogens is 3. The van der Waals surface area contributed by atoms with E-state index in [0.717, 1.165) is 29.7 Å². The Morgan fingerprint density at radius 2 is 1.89 bits per heavy atom. The highest BCUT2D eigenvalue weighted by Gasteiger charge is 2.21. The number of carbonyl (C=O) groups is 1. The smallest absolute Gasteiger partial charge is 0.343 e. The second-order valence-corrected chi connectivity index (χ2v) is 9.59. The minimum Gasteiger partial charge on any atom is -0.494 e. The Kier molecular flexibility index (Phi) is 8.02. The van der Waals surface area contributed by atoms with Gasteiger partial charge in [-0.2, -0.15) is 4.98 Å². The fourth-order valence-electron chi connectivity index (χ4n) is 4.08. The molecule has 0 atom stereocenters. The Hall–Kier alpha value is -4.31. The lowest BCUT2D eigenvalue weighted by Crippen LogP contribution is -2.29. The molecule has 0 saturated carbocycles. The van der Waals surface area contributed by atoms with E-state index in [1.54, 1.807) is 27.0 Å². The number of nitrogens with one attached hydrogen (secondary N) is 1. The Bertz CT molecular complexity index is 1430. The van der Waals surface area contributed by atoms with Crippen molar-refractivity contribution in [2.24, 2.45) is 0 Å². The molecule has 200 valence electrons. The number of hydrogen-bond donors (Lipinski definition) is 2. The number of nitrogens with two attached hydrogens (primary N) is 1. The van der Waals surface area contributed by atoms with E-state index in [0.29, 0.717) is 22.9 Å². The third kappa shape index (κ3) is 5.81. The number of nitrogens with zero attached hydrogens (tertiary/aromatic N) is 5. The number of hydrogen-bond acceptors (Lipinski definition) is 9. The first kappa shape index (κ1) is 26.7. The number of likely N-dealkylation sites (N-methyl/N-ethyl adjacent to an activating group) is 2. The van der Waals surface area contributed by atoms with Crippen LogP contribution in [0, 0.1) is 0 Å². The fraction of sp³-hybridized carbons (Fsp3) is 0.321. The summed E-state index contributed by atoms with van der Waals surface area (Å²) in [7, 11) is 7.66. The van der Waals surface area contributed by atoms with Gasteiger partial charge in [0.1, 0.15) is 11.3 Å². The summed E-state index contributed by atoms with van der Waals surface area (Å²) < 4.78 is 13.0. The summed E-state index contributed by atoms with van der Waals surface area (Å²) >= 11 is 0. The average Bonchev–Trinajstić information content (AvgIpc) is 3.31. The number of esters is 1. The van der Waals surface area contributed by atoms with E-state index >= 15 is 0 Å². The van der Waals surface area contributed by atoms with Crippen LogP contribution in [0.3, 0.4) is 0 Å². The highest BCUT2D eigenvalue weighted by Crippen LogP contribution is 2.36. The Labute approximate surface area is 223 Å². The molecular formula is C28H35N7O3. The zero-order valence-electron chi connectivity index (χ0n) is 22.7. The third-order valence-electron chi connectivity index (χ3n) is 6.05. The largest absolute Gasteiger partial charge is 0.494 e. The molecule has 0 saturated heterocycles. The molecular weight excluding hydrogens is 482 g/mol. The van der Waals surface area contributed by atoms with Gasteiger partial charge in [-0.05, 0) is 51.5 Å². The quantitative estimate of drug-likeness (QED) is 0.235. The molecule has 0 radical (unpaired) electrons. The third-order valence-corrected chi connectivity index (χ3v) is 6.05. The maximum Gasteiger partial charge on any atom is 0.343 e. The molecule has 0 spiro atoms. The summed E-state index contributed by atoms with van der Waals surface area (Å²) in [5.41, 5.74) is 9.65. The van der Waals surface area contributed by atoms with Crippen molar-refractivity contribution in [3.63, 3.8) is 0 Å². The molecule has 0 fully saturated rings. The van der Waals surface area contributed by atoms with E-state index in [1.165, 1.54) is 6.20 Å². The first-order valence-electron chi connectivity index (χ1n) is 12.4. The summed E-state index contributed by atoms with van der Waals surface area (Å²) in [5, 5.41) is 4.24. The minimum atomic E-state index is -0.494. The number of rotatable bonds is 10. The lowest BCUT2D eigenvalue weighted by Gasteiger charge is -2.24. The van der Waals surface area contributed by atoms with Crippen LogP contribution in [0.4, 0.5) is 23.0 Å². The van der Waals surface area contributed by atoms with Crippen LogP contribution in [-0.4, -0.2) is 72.9 Å². The Morgan fingerprint density at radius 3 is 2.61 bits per heavy atom. The zero-order valence-corrected chi connectivity index (χ0v) is 22.7. The zero-order chi connectivity index (χ0) is 27.4. The molecule has 0 unspecified atom stereocenters. The van der Waals surface area contributed by atoms with Crippen LogP contribution < -0.4 is 20.7 Å². The second kappa shape index (κ2) is 11.4. The molecule has 2 aromatic heterocycles. The van der Waals surface area contributed by atoms with Crippen LogP contribution in [0.1, 0.15) is 24.2 Å². The standard InChI is InChI=1S/C28H35N7O3/c1-18(2)38-27(36)20-17-30-28(32-26(20)35-12-11-19-9-7-8-10-23(19)35)31-22-15-21(29)24(16-25(22)37-6)34(5)14-13-33(3)4/h7-12,15-18H,13-14,29H2,1-6H3,(H,30,31,32). The monoisotopic (exact) mass is 517 g/mol. The van der Waals surface area contributed by atoms with E-state index in [2.05, 4.69) is 20.1 Å². The first-order valence-corrected chi connectivity index (χ1v) is 12.4. The van der Waals surface area contributed by atoms with Crippen molar-refractivity contribution in [2.45, 2.75) is 20.0 Å². The molecule has 10 nitrogen and oxygen atoms in total. The van der Waals surface area contributed by atoms with Crippen molar-refractivity contribution >= 4 is 39.9 Å². The van der Waals surface area contributed by atoms with Crippen molar-refractivity contribution in [3.8, 4) is 11.6 Å². The number of benzene rings is 2. The summed E-state index contributed by atoms with van der Waals surface area (Å²) in [6.07, 6.45) is 3.07. The van der Waals surface area contributed by atoms with Crippen LogP contribution in [-0.2, 0) is 4.74 Å². The van der Waals surface area contributed by atoms with Gasteiger partial charge in [0.25, 0.3) is 0 Å². The molecule has 4 aromatic rings. The Balaban J connectivity index is 1.73. The summed E-state index contributed by atoms with van der Waals surface area (Å²) in [6, 6.07) is 13.5. The second-order valence-electron chi connectivity index (χ2n) is 9.59. The van der Waals surface area contributed by atoms with Gasteiger partial charge in [0.2, 0.25) is 5.95 Å². The number of anilines is 4. The highest BCUT2D eigenvalue weighted by atomic mass is 16.5. The van der Waals surface area contributed by atoms with Crippen molar-refractivity contribution in [2.75, 3.05) is 57.3 Å². The molecule has 0 aliphatic carbocycles. The first-order chi connectivity index (χ1) is 18.2. The van der Waals surface area contributed by atoms with Crippen LogP contribution in [0.25, 0.3) is 16.7 Å². The molecule has 0 bridgehead atoms. The van der Waals surface area contributed by atoms with Gasteiger partial charge in [-0.1, -0.05) is 18.2 Å². The Morgan fingerprint density at radius 1 is 1.13 bits per heavy atom. The maximum absolute atomic E-state index is 12.9. The molecule has 2 aromatic carbocycles. The van der Waals surface area contributed by atoms with Crippen LogP contribution in [0.5, 0.6) is 5.75 Å². The number of fused-ring (bicyclic) bond motifs is 1. The molecule has 3 N–H and O–H groups in total. The number of methoxy groups -OCH3 is 1. The van der Waals surface area contributed by atoms with Crippen molar-refractivity contribution < 1.29 is 14.3 Å². The van der Waals surface area contributed by atoms with Crippen molar-refractivity contribution in [1.29, 1.82) is 0 Å². The molecule has 2 heterocycles. The van der Waals surface area contributed by atoms with E-state index in [9.17, 15) is 4.79 Å². The lowest BCUT2D eigenvalue weighted by atomic mass is 10.2. The molecule has 4 rings (SSSR count). The normalized spacial score (nSPS) is 11.3. The predicted octanol–water partition coefficient (Wildman–Crippen LogP) is 4.32. The van der Waals surface area contributed by atoms with Crippen LogP contribution in [0.2, 0.25) is 0 Å².